The maximum Gasteiger partial charge on any atom is 0.344 e. The molecule has 0 bridgehead atoms. The van der Waals surface area contributed by atoms with Crippen LogP contribution in [-0.2, 0) is 0 Å². The SMILES string of the molecule is Cc1ccsc1C1c2c(c3ccccc3oc2=O)Oc2ncn3nc(-c4ccc5c(c4)OCO5)nc3c21. The van der Waals surface area contributed by atoms with Crippen molar-refractivity contribution < 1.29 is 18.6 Å². The largest absolute Gasteiger partial charge is 0.454 e. The maximum atomic E-state index is 13.4. The number of para-hydroxylation sites is 1. The maximum absolute atomic E-state index is 13.4. The monoisotopic (exact) mass is 508 g/mol. The fourth-order valence-corrected chi connectivity index (χ4v) is 6.07. The highest BCUT2D eigenvalue weighted by molar-refractivity contribution is 7.10. The van der Waals surface area contributed by atoms with Gasteiger partial charge >= 0.3 is 5.63 Å². The number of hydrogen-bond donors (Lipinski definition) is 0. The highest BCUT2D eigenvalue weighted by Gasteiger charge is 2.38. The molecule has 1 unspecified atom stereocenters. The van der Waals surface area contributed by atoms with Gasteiger partial charge in [0.2, 0.25) is 12.7 Å². The molecule has 180 valence electrons. The van der Waals surface area contributed by atoms with Gasteiger partial charge < -0.3 is 18.6 Å². The Morgan fingerprint density at radius 1 is 1.05 bits per heavy atom. The van der Waals surface area contributed by atoms with E-state index in [2.05, 4.69) is 10.1 Å². The van der Waals surface area contributed by atoms with Crippen LogP contribution >= 0.6 is 11.3 Å². The number of nitrogens with zero attached hydrogens (tertiary/aromatic N) is 4. The Bertz CT molecular complexity index is 1960. The molecule has 0 saturated carbocycles. The normalized spacial score (nSPS) is 15.5. The third kappa shape index (κ3) is 2.90. The summed E-state index contributed by atoms with van der Waals surface area (Å²) in [5, 5.41) is 7.40. The number of fused-ring (bicyclic) bond motifs is 7. The zero-order chi connectivity index (χ0) is 24.7. The van der Waals surface area contributed by atoms with Gasteiger partial charge in [-0.05, 0) is 54.3 Å². The molecular formula is C27H16N4O5S. The second-order valence-electron chi connectivity index (χ2n) is 8.87. The van der Waals surface area contributed by atoms with E-state index in [1.54, 1.807) is 28.2 Å². The molecule has 2 aromatic carbocycles. The molecule has 0 N–H and O–H groups in total. The van der Waals surface area contributed by atoms with E-state index < -0.39 is 11.5 Å². The standard InChI is InChI=1S/C27H16N4O5S/c1-13-8-9-37-23(13)19-20-22(15-4-2-3-5-16(15)35-27(20)32)36-26-21(19)25-29-24(30-31(25)11-28-26)14-6-7-17-18(10-14)34-12-33-17/h2-11,19H,12H2,1H3. The van der Waals surface area contributed by atoms with Crippen LogP contribution in [0.3, 0.4) is 0 Å². The Morgan fingerprint density at radius 2 is 1.95 bits per heavy atom. The van der Waals surface area contributed by atoms with Crippen LogP contribution in [-0.4, -0.2) is 26.4 Å². The number of benzene rings is 2. The average molecular weight is 509 g/mol. The molecule has 0 radical (unpaired) electrons. The molecule has 2 aliphatic rings. The van der Waals surface area contributed by atoms with Gasteiger partial charge in [-0.2, -0.15) is 0 Å². The topological polar surface area (TPSA) is 101 Å². The Balaban J connectivity index is 1.40. The average Bonchev–Trinajstić information content (AvgIpc) is 3.66. The second kappa shape index (κ2) is 7.40. The van der Waals surface area contributed by atoms with Gasteiger partial charge in [-0.25, -0.2) is 19.3 Å². The first-order chi connectivity index (χ1) is 18.2. The van der Waals surface area contributed by atoms with Gasteiger partial charge in [-0.15, -0.1) is 16.4 Å². The summed E-state index contributed by atoms with van der Waals surface area (Å²) in [4.78, 5) is 23.9. The van der Waals surface area contributed by atoms with Crippen LogP contribution in [0.4, 0.5) is 0 Å². The summed E-state index contributed by atoms with van der Waals surface area (Å²) in [6.07, 6.45) is 1.58. The Hall–Kier alpha value is -4.70. The van der Waals surface area contributed by atoms with E-state index in [4.69, 9.17) is 23.6 Å². The van der Waals surface area contributed by atoms with Gasteiger partial charge in [0.1, 0.15) is 11.9 Å². The van der Waals surface area contributed by atoms with Gasteiger partial charge in [-0.1, -0.05) is 12.1 Å². The van der Waals surface area contributed by atoms with Gasteiger partial charge in [-0.3, -0.25) is 0 Å². The lowest BCUT2D eigenvalue weighted by molar-refractivity contribution is 0.174. The summed E-state index contributed by atoms with van der Waals surface area (Å²) in [5.74, 6) is 2.19. The number of aryl methyl sites for hydroxylation is 1. The van der Waals surface area contributed by atoms with Crippen molar-refractivity contribution >= 4 is 28.0 Å². The fourth-order valence-electron chi connectivity index (χ4n) is 5.03. The minimum atomic E-state index is -0.482. The molecule has 37 heavy (non-hydrogen) atoms. The third-order valence-corrected chi connectivity index (χ3v) is 7.84. The van der Waals surface area contributed by atoms with E-state index in [0.29, 0.717) is 56.7 Å². The molecule has 6 heterocycles. The van der Waals surface area contributed by atoms with Crippen LogP contribution in [0.1, 0.15) is 27.5 Å². The van der Waals surface area contributed by atoms with E-state index >= 15 is 0 Å². The molecule has 0 fully saturated rings. The molecule has 0 saturated heterocycles. The first-order valence-corrected chi connectivity index (χ1v) is 12.5. The minimum Gasteiger partial charge on any atom is -0.454 e. The van der Waals surface area contributed by atoms with Crippen molar-refractivity contribution in [3.05, 3.63) is 92.2 Å². The van der Waals surface area contributed by atoms with Gasteiger partial charge in [0, 0.05) is 10.4 Å². The molecule has 0 spiro atoms. The Morgan fingerprint density at radius 3 is 2.84 bits per heavy atom. The van der Waals surface area contributed by atoms with Crippen molar-refractivity contribution in [2.45, 2.75) is 12.8 Å². The summed E-state index contributed by atoms with van der Waals surface area (Å²) in [7, 11) is 0. The Kier molecular flexibility index (Phi) is 4.10. The molecule has 1 atom stereocenters. The van der Waals surface area contributed by atoms with Crippen LogP contribution in [0.25, 0.3) is 28.0 Å². The zero-order valence-electron chi connectivity index (χ0n) is 19.3. The van der Waals surface area contributed by atoms with Crippen molar-refractivity contribution in [1.29, 1.82) is 0 Å². The molecular weight excluding hydrogens is 492 g/mol. The van der Waals surface area contributed by atoms with Gasteiger partial charge in [0.25, 0.3) is 0 Å². The van der Waals surface area contributed by atoms with Crippen LogP contribution in [0.2, 0.25) is 0 Å². The fraction of sp³-hybridized carbons (Fsp3) is 0.111. The molecule has 0 amide bonds. The number of hydrogen-bond acceptors (Lipinski definition) is 9. The number of aromatic nitrogens is 4. The molecule has 2 aliphatic heterocycles. The number of thiophene rings is 1. The predicted molar refractivity (Wildman–Crippen MR) is 135 cm³/mol. The van der Waals surface area contributed by atoms with Crippen LogP contribution in [0, 0.1) is 6.92 Å². The summed E-state index contributed by atoms with van der Waals surface area (Å²) >= 11 is 1.57. The molecule has 6 aromatic rings. The van der Waals surface area contributed by atoms with E-state index in [1.807, 2.05) is 54.8 Å². The van der Waals surface area contributed by atoms with Gasteiger partial charge in [0.15, 0.2) is 28.7 Å². The first-order valence-electron chi connectivity index (χ1n) is 11.6. The highest BCUT2D eigenvalue weighted by atomic mass is 32.1. The zero-order valence-corrected chi connectivity index (χ0v) is 20.1. The minimum absolute atomic E-state index is 0.185. The molecule has 4 aromatic heterocycles. The van der Waals surface area contributed by atoms with Crippen molar-refractivity contribution in [1.82, 2.24) is 19.6 Å². The molecule has 10 heteroatoms. The van der Waals surface area contributed by atoms with Crippen LogP contribution < -0.4 is 19.8 Å². The van der Waals surface area contributed by atoms with Crippen molar-refractivity contribution in [2.75, 3.05) is 6.79 Å². The lowest BCUT2D eigenvalue weighted by Gasteiger charge is -2.26. The second-order valence-corrected chi connectivity index (χ2v) is 9.81. The van der Waals surface area contributed by atoms with Crippen LogP contribution in [0.15, 0.2) is 69.5 Å². The summed E-state index contributed by atoms with van der Waals surface area (Å²) in [6.45, 7) is 2.21. The van der Waals surface area contributed by atoms with Crippen molar-refractivity contribution in [3.8, 4) is 34.5 Å². The summed E-state index contributed by atoms with van der Waals surface area (Å²) < 4.78 is 24.7. The van der Waals surface area contributed by atoms with E-state index in [1.165, 1.54) is 0 Å². The van der Waals surface area contributed by atoms with Crippen molar-refractivity contribution in [2.24, 2.45) is 0 Å². The lowest BCUT2D eigenvalue weighted by Crippen LogP contribution is -2.22. The van der Waals surface area contributed by atoms with E-state index in [9.17, 15) is 4.79 Å². The van der Waals surface area contributed by atoms with E-state index in [-0.39, 0.29) is 6.79 Å². The quantitative estimate of drug-likeness (QED) is 0.291. The highest BCUT2D eigenvalue weighted by Crippen LogP contribution is 2.50. The van der Waals surface area contributed by atoms with E-state index in [0.717, 1.165) is 16.0 Å². The summed E-state index contributed by atoms with van der Waals surface area (Å²) in [6, 6.07) is 15.0. The number of rotatable bonds is 2. The first kappa shape index (κ1) is 20.5. The molecule has 8 rings (SSSR count). The summed E-state index contributed by atoms with van der Waals surface area (Å²) in [5.41, 5.74) is 3.49. The van der Waals surface area contributed by atoms with Crippen molar-refractivity contribution in [3.63, 3.8) is 0 Å². The van der Waals surface area contributed by atoms with Crippen LogP contribution in [0.5, 0.6) is 23.1 Å². The lowest BCUT2D eigenvalue weighted by atomic mass is 9.87. The smallest absolute Gasteiger partial charge is 0.344 e. The molecule has 0 aliphatic carbocycles. The number of ether oxygens (including phenoxy) is 3. The third-order valence-electron chi connectivity index (χ3n) is 6.76. The molecule has 9 nitrogen and oxygen atoms in total. The Labute approximate surface area is 212 Å². The van der Waals surface area contributed by atoms with Gasteiger partial charge in [0.05, 0.1) is 22.4 Å². The predicted octanol–water partition coefficient (Wildman–Crippen LogP) is 5.28.